The summed E-state index contributed by atoms with van der Waals surface area (Å²) >= 11 is 0. The van der Waals surface area contributed by atoms with Crippen molar-refractivity contribution in [2.45, 2.75) is 25.9 Å². The van der Waals surface area contributed by atoms with Crippen molar-refractivity contribution in [1.82, 2.24) is 10.2 Å². The Bertz CT molecular complexity index is 488. The van der Waals surface area contributed by atoms with Crippen molar-refractivity contribution >= 4 is 11.8 Å². The molecular formula is C16H22N2O3. The first-order chi connectivity index (χ1) is 10.1. The third kappa shape index (κ3) is 4.29. The molecule has 0 radical (unpaired) electrons. The van der Waals surface area contributed by atoms with Crippen LogP contribution in [-0.2, 0) is 4.79 Å². The van der Waals surface area contributed by atoms with Gasteiger partial charge in [0.15, 0.2) is 0 Å². The molecule has 5 nitrogen and oxygen atoms in total. The van der Waals surface area contributed by atoms with E-state index >= 15 is 0 Å². The number of rotatable bonds is 4. The molecule has 5 heteroatoms. The van der Waals surface area contributed by atoms with Crippen LogP contribution in [0, 0.1) is 5.92 Å². The molecule has 0 aromatic heterocycles. The van der Waals surface area contributed by atoms with Gasteiger partial charge in [-0.3, -0.25) is 9.59 Å². The van der Waals surface area contributed by atoms with Crippen LogP contribution in [-0.4, -0.2) is 47.6 Å². The van der Waals surface area contributed by atoms with Gasteiger partial charge in [-0.2, -0.15) is 0 Å². The zero-order valence-corrected chi connectivity index (χ0v) is 12.3. The Labute approximate surface area is 125 Å². The Kier molecular flexibility index (Phi) is 5.33. The molecule has 1 fully saturated rings. The molecule has 2 N–H and O–H groups in total. The van der Waals surface area contributed by atoms with Crippen LogP contribution in [0.25, 0.3) is 0 Å². The Morgan fingerprint density at radius 1 is 1.38 bits per heavy atom. The average molecular weight is 290 g/mol. The van der Waals surface area contributed by atoms with Crippen LogP contribution >= 0.6 is 0 Å². The summed E-state index contributed by atoms with van der Waals surface area (Å²) in [5.74, 6) is -0.296. The Morgan fingerprint density at radius 3 is 2.76 bits per heavy atom. The number of nitrogens with one attached hydrogen (secondary N) is 1. The minimum atomic E-state index is -0.556. The maximum atomic E-state index is 12.4. The molecule has 0 saturated carbocycles. The fourth-order valence-electron chi connectivity index (χ4n) is 2.53. The predicted octanol–water partition coefficient (Wildman–Crippen LogP) is 1.04. The highest BCUT2D eigenvalue weighted by molar-refractivity contribution is 5.94. The van der Waals surface area contributed by atoms with Gasteiger partial charge < -0.3 is 15.3 Å². The normalized spacial score (nSPS) is 19.9. The first-order valence-electron chi connectivity index (χ1n) is 7.38. The molecule has 0 spiro atoms. The van der Waals surface area contributed by atoms with E-state index < -0.39 is 6.10 Å². The van der Waals surface area contributed by atoms with Crippen LogP contribution in [0.2, 0.25) is 0 Å². The van der Waals surface area contributed by atoms with Gasteiger partial charge in [0.25, 0.3) is 5.91 Å². The average Bonchev–Trinajstić information content (AvgIpc) is 2.52. The number of aliphatic hydroxyl groups excluding tert-OH is 1. The van der Waals surface area contributed by atoms with Gasteiger partial charge >= 0.3 is 0 Å². The van der Waals surface area contributed by atoms with Crippen LogP contribution < -0.4 is 5.32 Å². The molecule has 2 rings (SSSR count). The molecule has 114 valence electrons. The predicted molar refractivity (Wildman–Crippen MR) is 79.8 cm³/mol. The summed E-state index contributed by atoms with van der Waals surface area (Å²) in [5, 5.41) is 11.9. The van der Waals surface area contributed by atoms with Gasteiger partial charge in [-0.25, -0.2) is 0 Å². The van der Waals surface area contributed by atoms with E-state index in [1.54, 1.807) is 24.0 Å². The van der Waals surface area contributed by atoms with Crippen molar-refractivity contribution in [1.29, 1.82) is 0 Å². The SMILES string of the molecule is CC(O)CNC(=O)C1CCCN(C(=O)c2ccccc2)C1. The summed E-state index contributed by atoms with van der Waals surface area (Å²) in [6.07, 6.45) is 1.05. The van der Waals surface area contributed by atoms with E-state index in [0.717, 1.165) is 12.8 Å². The van der Waals surface area contributed by atoms with Crippen molar-refractivity contribution in [3.63, 3.8) is 0 Å². The second-order valence-electron chi connectivity index (χ2n) is 5.55. The Hall–Kier alpha value is -1.88. The van der Waals surface area contributed by atoms with E-state index in [4.69, 9.17) is 0 Å². The van der Waals surface area contributed by atoms with Crippen molar-refractivity contribution in [2.24, 2.45) is 5.92 Å². The van der Waals surface area contributed by atoms with Crippen molar-refractivity contribution in [3.05, 3.63) is 35.9 Å². The molecule has 1 saturated heterocycles. The van der Waals surface area contributed by atoms with Crippen molar-refractivity contribution in [2.75, 3.05) is 19.6 Å². The number of hydrogen-bond donors (Lipinski definition) is 2. The van der Waals surface area contributed by atoms with E-state index in [2.05, 4.69) is 5.32 Å². The first kappa shape index (κ1) is 15.5. The Morgan fingerprint density at radius 2 is 2.10 bits per heavy atom. The summed E-state index contributed by atoms with van der Waals surface area (Å²) in [6, 6.07) is 9.13. The van der Waals surface area contributed by atoms with E-state index in [1.165, 1.54) is 0 Å². The molecule has 1 aromatic rings. The van der Waals surface area contributed by atoms with Crippen LogP contribution in [0.15, 0.2) is 30.3 Å². The van der Waals surface area contributed by atoms with E-state index in [-0.39, 0.29) is 24.3 Å². The number of aliphatic hydroxyl groups is 1. The van der Waals surface area contributed by atoms with Gasteiger partial charge in [-0.05, 0) is 31.9 Å². The molecule has 1 aliphatic rings. The highest BCUT2D eigenvalue weighted by atomic mass is 16.3. The van der Waals surface area contributed by atoms with Gasteiger partial charge in [0.05, 0.1) is 12.0 Å². The maximum absolute atomic E-state index is 12.4. The number of likely N-dealkylation sites (tertiary alicyclic amines) is 1. The highest BCUT2D eigenvalue weighted by Crippen LogP contribution is 2.18. The second-order valence-corrected chi connectivity index (χ2v) is 5.55. The lowest BCUT2D eigenvalue weighted by molar-refractivity contribution is -0.126. The molecule has 1 heterocycles. The molecule has 0 aliphatic carbocycles. The zero-order chi connectivity index (χ0) is 15.2. The summed E-state index contributed by atoms with van der Waals surface area (Å²) in [5.41, 5.74) is 0.655. The smallest absolute Gasteiger partial charge is 0.253 e. The van der Waals surface area contributed by atoms with Crippen LogP contribution in [0.1, 0.15) is 30.1 Å². The van der Waals surface area contributed by atoms with Crippen LogP contribution in [0.4, 0.5) is 0 Å². The molecule has 1 aromatic carbocycles. The summed E-state index contributed by atoms with van der Waals surface area (Å²) in [7, 11) is 0. The summed E-state index contributed by atoms with van der Waals surface area (Å²) in [6.45, 7) is 3.02. The molecule has 2 atom stereocenters. The van der Waals surface area contributed by atoms with Gasteiger partial charge in [0.2, 0.25) is 5.91 Å². The molecule has 1 aliphatic heterocycles. The topological polar surface area (TPSA) is 69.6 Å². The number of carbonyl (C=O) groups is 2. The van der Waals surface area contributed by atoms with E-state index in [9.17, 15) is 14.7 Å². The summed E-state index contributed by atoms with van der Waals surface area (Å²) in [4.78, 5) is 26.2. The lowest BCUT2D eigenvalue weighted by atomic mass is 9.96. The standard InChI is InChI=1S/C16H22N2O3/c1-12(19)10-17-15(20)14-8-5-9-18(11-14)16(21)13-6-3-2-4-7-13/h2-4,6-7,12,14,19H,5,8-11H2,1H3,(H,17,20). The van der Waals surface area contributed by atoms with Crippen LogP contribution in [0.5, 0.6) is 0 Å². The van der Waals surface area contributed by atoms with E-state index in [0.29, 0.717) is 18.7 Å². The zero-order valence-electron chi connectivity index (χ0n) is 12.3. The lowest BCUT2D eigenvalue weighted by Crippen LogP contribution is -2.46. The fraction of sp³-hybridized carbons (Fsp3) is 0.500. The molecule has 21 heavy (non-hydrogen) atoms. The maximum Gasteiger partial charge on any atom is 0.253 e. The van der Waals surface area contributed by atoms with Gasteiger partial charge in [0, 0.05) is 25.2 Å². The third-order valence-electron chi connectivity index (χ3n) is 3.67. The Balaban J connectivity index is 1.94. The quantitative estimate of drug-likeness (QED) is 0.870. The van der Waals surface area contributed by atoms with Gasteiger partial charge in [0.1, 0.15) is 0 Å². The summed E-state index contributed by atoms with van der Waals surface area (Å²) < 4.78 is 0. The minimum absolute atomic E-state index is 0.0244. The van der Waals surface area contributed by atoms with Crippen LogP contribution in [0.3, 0.4) is 0 Å². The number of piperidine rings is 1. The molecule has 2 amide bonds. The number of benzene rings is 1. The van der Waals surface area contributed by atoms with Gasteiger partial charge in [-0.15, -0.1) is 0 Å². The highest BCUT2D eigenvalue weighted by Gasteiger charge is 2.28. The number of carbonyl (C=O) groups excluding carboxylic acids is 2. The lowest BCUT2D eigenvalue weighted by Gasteiger charge is -2.32. The monoisotopic (exact) mass is 290 g/mol. The fourth-order valence-corrected chi connectivity index (χ4v) is 2.53. The molecule has 2 unspecified atom stereocenters. The first-order valence-corrected chi connectivity index (χ1v) is 7.38. The van der Waals surface area contributed by atoms with Gasteiger partial charge in [-0.1, -0.05) is 18.2 Å². The largest absolute Gasteiger partial charge is 0.392 e. The van der Waals surface area contributed by atoms with Crippen molar-refractivity contribution in [3.8, 4) is 0 Å². The number of amides is 2. The van der Waals surface area contributed by atoms with E-state index in [1.807, 2.05) is 18.2 Å². The minimum Gasteiger partial charge on any atom is -0.392 e. The third-order valence-corrected chi connectivity index (χ3v) is 3.67. The van der Waals surface area contributed by atoms with Crippen molar-refractivity contribution < 1.29 is 14.7 Å². The number of hydrogen-bond acceptors (Lipinski definition) is 3. The number of nitrogens with zero attached hydrogens (tertiary/aromatic N) is 1. The molecule has 0 bridgehead atoms. The second kappa shape index (κ2) is 7.22. The molecular weight excluding hydrogens is 268 g/mol.